The number of rotatable bonds is 7. The van der Waals surface area contributed by atoms with Crippen LogP contribution >= 0.6 is 11.8 Å². The van der Waals surface area contributed by atoms with Gasteiger partial charge in [-0.2, -0.15) is 0 Å². The maximum Gasteiger partial charge on any atom is 0.234 e. The van der Waals surface area contributed by atoms with Gasteiger partial charge in [-0.3, -0.25) is 9.78 Å². The maximum atomic E-state index is 12.7. The molecule has 3 aromatic rings. The number of amides is 1. The van der Waals surface area contributed by atoms with Gasteiger partial charge < -0.3 is 11.2 Å². The first-order chi connectivity index (χ1) is 13.9. The molecule has 3 N–H and O–H groups in total. The molecule has 8 heteroatoms. The van der Waals surface area contributed by atoms with Crippen LogP contribution in [0.3, 0.4) is 0 Å². The van der Waals surface area contributed by atoms with Gasteiger partial charge in [-0.05, 0) is 35.1 Å². The van der Waals surface area contributed by atoms with Gasteiger partial charge in [-0.25, -0.2) is 4.68 Å². The number of anilines is 1. The van der Waals surface area contributed by atoms with E-state index in [-0.39, 0.29) is 11.7 Å². The second-order valence-electron chi connectivity index (χ2n) is 7.38. The molecule has 2 aromatic heterocycles. The van der Waals surface area contributed by atoms with E-state index < -0.39 is 0 Å². The second kappa shape index (κ2) is 9.09. The van der Waals surface area contributed by atoms with Crippen molar-refractivity contribution in [2.45, 2.75) is 44.7 Å². The highest BCUT2D eigenvalue weighted by atomic mass is 32.2. The number of hydrogen-bond acceptors (Lipinski definition) is 6. The van der Waals surface area contributed by atoms with E-state index in [1.54, 1.807) is 12.4 Å². The summed E-state index contributed by atoms with van der Waals surface area (Å²) in [6, 6.07) is 9.85. The van der Waals surface area contributed by atoms with Crippen LogP contribution in [0.5, 0.6) is 0 Å². The highest BCUT2D eigenvalue weighted by Crippen LogP contribution is 2.32. The third-order valence-electron chi connectivity index (χ3n) is 4.55. The standard InChI is InChI=1S/C21H26N6OS/c1-13(2)16-8-5-9-17(14(3)4)19(16)24-18(28)12-29-21-26-25-20(27(21)22)15-7-6-10-23-11-15/h5-11,13-14H,12,22H2,1-4H3,(H,24,28). The van der Waals surface area contributed by atoms with E-state index in [1.807, 2.05) is 18.2 Å². The first-order valence-corrected chi connectivity index (χ1v) is 10.5. The van der Waals surface area contributed by atoms with E-state index in [2.05, 4.69) is 60.3 Å². The lowest BCUT2D eigenvalue weighted by atomic mass is 9.92. The summed E-state index contributed by atoms with van der Waals surface area (Å²) in [6.45, 7) is 8.50. The lowest BCUT2D eigenvalue weighted by Crippen LogP contribution is -2.19. The van der Waals surface area contributed by atoms with Gasteiger partial charge >= 0.3 is 0 Å². The topological polar surface area (TPSA) is 98.7 Å². The predicted molar refractivity (Wildman–Crippen MR) is 117 cm³/mol. The van der Waals surface area contributed by atoms with Gasteiger partial charge in [0.15, 0.2) is 5.82 Å². The average molecular weight is 411 g/mol. The molecule has 1 amide bonds. The fourth-order valence-corrected chi connectivity index (χ4v) is 3.72. The Bertz CT molecular complexity index is 958. The summed E-state index contributed by atoms with van der Waals surface area (Å²) in [5, 5.41) is 11.8. The van der Waals surface area contributed by atoms with Gasteiger partial charge in [-0.1, -0.05) is 57.7 Å². The number of nitrogens with two attached hydrogens (primary N) is 1. The van der Waals surface area contributed by atoms with E-state index in [0.717, 1.165) is 22.4 Å². The third-order valence-corrected chi connectivity index (χ3v) is 5.50. The zero-order valence-corrected chi connectivity index (χ0v) is 17.9. The molecule has 2 heterocycles. The summed E-state index contributed by atoms with van der Waals surface area (Å²) in [5.74, 6) is 7.33. The Morgan fingerprint density at radius 2 is 1.79 bits per heavy atom. The molecule has 0 saturated heterocycles. The van der Waals surface area contributed by atoms with E-state index >= 15 is 0 Å². The zero-order chi connectivity index (χ0) is 21.0. The predicted octanol–water partition coefficient (Wildman–Crippen LogP) is 4.03. The van der Waals surface area contributed by atoms with Crippen molar-refractivity contribution in [1.82, 2.24) is 19.9 Å². The Hall–Kier alpha value is -2.87. The SMILES string of the molecule is CC(C)c1cccc(C(C)C)c1NC(=O)CSc1nnc(-c2cccnc2)n1N. The van der Waals surface area contributed by atoms with Crippen molar-refractivity contribution in [2.24, 2.45) is 0 Å². The van der Waals surface area contributed by atoms with Crippen LogP contribution < -0.4 is 11.2 Å². The Morgan fingerprint density at radius 3 is 2.38 bits per heavy atom. The van der Waals surface area contributed by atoms with E-state index in [1.165, 1.54) is 16.4 Å². The number of aromatic nitrogens is 4. The summed E-state index contributed by atoms with van der Waals surface area (Å²) < 4.78 is 1.39. The number of para-hydroxylation sites is 1. The molecule has 0 aliphatic heterocycles. The molecule has 29 heavy (non-hydrogen) atoms. The van der Waals surface area contributed by atoms with Crippen molar-refractivity contribution in [3.05, 3.63) is 53.9 Å². The lowest BCUT2D eigenvalue weighted by Gasteiger charge is -2.20. The van der Waals surface area contributed by atoms with E-state index in [4.69, 9.17) is 5.84 Å². The zero-order valence-electron chi connectivity index (χ0n) is 17.1. The highest BCUT2D eigenvalue weighted by molar-refractivity contribution is 7.99. The number of nitrogens with zero attached hydrogens (tertiary/aromatic N) is 4. The quantitative estimate of drug-likeness (QED) is 0.451. The number of carbonyl (C=O) groups is 1. The van der Waals surface area contributed by atoms with Gasteiger partial charge in [0.25, 0.3) is 0 Å². The number of hydrogen-bond donors (Lipinski definition) is 2. The van der Waals surface area contributed by atoms with Gasteiger partial charge in [0, 0.05) is 23.6 Å². The minimum atomic E-state index is -0.101. The van der Waals surface area contributed by atoms with Gasteiger partial charge in [0.1, 0.15) is 0 Å². The molecular formula is C21H26N6OS. The summed E-state index contributed by atoms with van der Waals surface area (Å²) in [4.78, 5) is 16.8. The molecule has 0 bridgehead atoms. The number of thioether (sulfide) groups is 1. The van der Waals surface area contributed by atoms with Gasteiger partial charge in [0.2, 0.25) is 11.1 Å². The molecule has 1 aromatic carbocycles. The van der Waals surface area contributed by atoms with Crippen molar-refractivity contribution in [3.8, 4) is 11.4 Å². The van der Waals surface area contributed by atoms with E-state index in [9.17, 15) is 4.79 Å². The molecule has 0 unspecified atom stereocenters. The molecule has 0 saturated carbocycles. The van der Waals surface area contributed by atoms with Crippen LogP contribution in [0.25, 0.3) is 11.4 Å². The summed E-state index contributed by atoms with van der Waals surface area (Å²) in [5.41, 5.74) is 3.95. The molecule has 0 spiro atoms. The first kappa shape index (κ1) is 20.9. The van der Waals surface area contributed by atoms with Crippen molar-refractivity contribution < 1.29 is 4.79 Å². The van der Waals surface area contributed by atoms with Crippen molar-refractivity contribution in [1.29, 1.82) is 0 Å². The number of benzene rings is 1. The third kappa shape index (κ3) is 4.76. The molecule has 0 atom stereocenters. The van der Waals surface area contributed by atoms with Crippen molar-refractivity contribution >= 4 is 23.4 Å². The van der Waals surface area contributed by atoms with Crippen molar-refractivity contribution in [3.63, 3.8) is 0 Å². The Labute approximate surface area is 175 Å². The minimum absolute atomic E-state index is 0.101. The average Bonchev–Trinajstić information content (AvgIpc) is 3.07. The number of pyridine rings is 1. The monoisotopic (exact) mass is 410 g/mol. The van der Waals surface area contributed by atoms with Crippen molar-refractivity contribution in [2.75, 3.05) is 16.9 Å². The van der Waals surface area contributed by atoms with Gasteiger partial charge in [0.05, 0.1) is 5.75 Å². The summed E-state index contributed by atoms with van der Waals surface area (Å²) in [6.07, 6.45) is 3.35. The second-order valence-corrected chi connectivity index (χ2v) is 8.32. The Balaban J connectivity index is 1.73. The smallest absolute Gasteiger partial charge is 0.234 e. The summed E-state index contributed by atoms with van der Waals surface area (Å²) in [7, 11) is 0. The van der Waals surface area contributed by atoms with E-state index in [0.29, 0.717) is 22.8 Å². The number of carbonyl (C=O) groups excluding carboxylic acids is 1. The fraction of sp³-hybridized carbons (Fsp3) is 0.333. The molecule has 0 fully saturated rings. The van der Waals surface area contributed by atoms with Crippen LogP contribution in [-0.2, 0) is 4.79 Å². The van der Waals surface area contributed by atoms with Crippen LogP contribution in [0.2, 0.25) is 0 Å². The minimum Gasteiger partial charge on any atom is -0.335 e. The molecule has 0 radical (unpaired) electrons. The largest absolute Gasteiger partial charge is 0.335 e. The lowest BCUT2D eigenvalue weighted by molar-refractivity contribution is -0.113. The Morgan fingerprint density at radius 1 is 1.10 bits per heavy atom. The van der Waals surface area contributed by atoms with Crippen LogP contribution in [0.15, 0.2) is 47.9 Å². The first-order valence-electron chi connectivity index (χ1n) is 9.54. The van der Waals surface area contributed by atoms with Crippen LogP contribution in [0.4, 0.5) is 5.69 Å². The number of nitrogen functional groups attached to an aromatic ring is 1. The van der Waals surface area contributed by atoms with Gasteiger partial charge in [-0.15, -0.1) is 10.2 Å². The molecule has 7 nitrogen and oxygen atoms in total. The molecular weight excluding hydrogens is 384 g/mol. The molecule has 0 aliphatic rings. The fourth-order valence-electron chi connectivity index (χ4n) is 3.07. The highest BCUT2D eigenvalue weighted by Gasteiger charge is 2.18. The molecule has 0 aliphatic carbocycles. The normalized spacial score (nSPS) is 11.2. The number of nitrogens with one attached hydrogen (secondary N) is 1. The van der Waals surface area contributed by atoms with Crippen LogP contribution in [0.1, 0.15) is 50.7 Å². The molecule has 152 valence electrons. The summed E-state index contributed by atoms with van der Waals surface area (Å²) >= 11 is 1.25. The van der Waals surface area contributed by atoms with Crippen LogP contribution in [0, 0.1) is 0 Å². The Kier molecular flexibility index (Phi) is 6.53. The maximum absolute atomic E-state index is 12.7. The molecule has 3 rings (SSSR count). The van der Waals surface area contributed by atoms with Crippen LogP contribution in [-0.4, -0.2) is 31.5 Å².